The van der Waals surface area contributed by atoms with Gasteiger partial charge >= 0.3 is 6.18 Å². The van der Waals surface area contributed by atoms with E-state index in [4.69, 9.17) is 0 Å². The predicted octanol–water partition coefficient (Wildman–Crippen LogP) is 2.38. The molecule has 0 aromatic rings. The summed E-state index contributed by atoms with van der Waals surface area (Å²) in [6.45, 7) is 1.08. The van der Waals surface area contributed by atoms with Gasteiger partial charge in [-0.1, -0.05) is 19.6 Å². The maximum absolute atomic E-state index is 11.4. The second kappa shape index (κ2) is 2.62. The molecule has 0 N–H and O–H groups in total. The molecule has 1 unspecified atom stereocenters. The second-order valence-electron chi connectivity index (χ2n) is 1.61. The summed E-state index contributed by atoms with van der Waals surface area (Å²) in [5, 5.41) is 0. The monoisotopic (exact) mass is 143 g/mol. The topological polar surface area (TPSA) is 0 Å². The first-order valence-electron chi connectivity index (χ1n) is 2.13. The molecule has 0 heterocycles. The number of rotatable bonds is 1. The van der Waals surface area contributed by atoms with Gasteiger partial charge in [0, 0.05) is 5.75 Å². The van der Waals surface area contributed by atoms with E-state index in [1.54, 1.807) is 0 Å². The lowest BCUT2D eigenvalue weighted by Gasteiger charge is -2.10. The highest BCUT2D eigenvalue weighted by molar-refractivity contribution is 7.80. The summed E-state index contributed by atoms with van der Waals surface area (Å²) in [5.41, 5.74) is 0. The maximum Gasteiger partial charge on any atom is 0.392 e. The van der Waals surface area contributed by atoms with Crippen LogP contribution in [0.15, 0.2) is 0 Å². The van der Waals surface area contributed by atoms with Crippen molar-refractivity contribution in [1.29, 1.82) is 0 Å². The largest absolute Gasteiger partial charge is 0.392 e. The summed E-state index contributed by atoms with van der Waals surface area (Å²) in [4.78, 5) is 0. The lowest BCUT2D eigenvalue weighted by molar-refractivity contribution is -0.162. The van der Waals surface area contributed by atoms with E-state index < -0.39 is 12.1 Å². The molecule has 0 aromatic heterocycles. The normalized spacial score (nSPS) is 16.1. The summed E-state index contributed by atoms with van der Waals surface area (Å²) in [6, 6.07) is 0. The van der Waals surface area contributed by atoms with E-state index in [1.807, 2.05) is 0 Å². The van der Waals surface area contributed by atoms with Gasteiger partial charge in [-0.25, -0.2) is 0 Å². The molecule has 1 radical (unpaired) electrons. The van der Waals surface area contributed by atoms with Gasteiger partial charge in [0.05, 0.1) is 5.92 Å². The molecular weight excluding hydrogens is 137 g/mol. The van der Waals surface area contributed by atoms with Gasteiger partial charge in [0.25, 0.3) is 0 Å². The molecule has 49 valence electrons. The van der Waals surface area contributed by atoms with Crippen molar-refractivity contribution < 1.29 is 13.2 Å². The molecule has 0 aliphatic rings. The fourth-order valence-electron chi connectivity index (χ4n) is 0.0945. The average Bonchev–Trinajstić information content (AvgIpc) is 1.62. The third-order valence-electron chi connectivity index (χ3n) is 0.809. The summed E-state index contributed by atoms with van der Waals surface area (Å²) in [6.07, 6.45) is -4.10. The zero-order valence-corrected chi connectivity index (χ0v) is 5.14. The molecule has 0 spiro atoms. The van der Waals surface area contributed by atoms with Crippen molar-refractivity contribution in [3.05, 3.63) is 0 Å². The van der Waals surface area contributed by atoms with E-state index in [0.29, 0.717) is 0 Å². The molecule has 0 bridgehead atoms. The van der Waals surface area contributed by atoms with Crippen molar-refractivity contribution in [1.82, 2.24) is 0 Å². The molecule has 0 aliphatic carbocycles. The van der Waals surface area contributed by atoms with Crippen LogP contribution in [0.25, 0.3) is 0 Å². The Morgan fingerprint density at radius 1 is 1.50 bits per heavy atom. The molecular formula is C4H6F3S. The second-order valence-corrected chi connectivity index (χ2v) is 1.94. The minimum absolute atomic E-state index is 0.247. The summed E-state index contributed by atoms with van der Waals surface area (Å²) >= 11 is 4.20. The van der Waals surface area contributed by atoms with Crippen LogP contribution in [0.2, 0.25) is 0 Å². The Balaban J connectivity index is 3.62. The summed E-state index contributed by atoms with van der Waals surface area (Å²) in [5.74, 6) is -1.58. The summed E-state index contributed by atoms with van der Waals surface area (Å²) < 4.78 is 34.1. The van der Waals surface area contributed by atoms with Crippen molar-refractivity contribution in [2.75, 3.05) is 5.75 Å². The van der Waals surface area contributed by atoms with Gasteiger partial charge in [-0.2, -0.15) is 13.2 Å². The number of halogens is 3. The number of hydrogen-bond acceptors (Lipinski definition) is 0. The van der Waals surface area contributed by atoms with Gasteiger partial charge in [-0.3, -0.25) is 0 Å². The molecule has 4 heteroatoms. The van der Waals surface area contributed by atoms with Crippen molar-refractivity contribution in [2.24, 2.45) is 5.92 Å². The van der Waals surface area contributed by atoms with Crippen molar-refractivity contribution in [3.63, 3.8) is 0 Å². The van der Waals surface area contributed by atoms with Crippen molar-refractivity contribution in [3.8, 4) is 0 Å². The van der Waals surface area contributed by atoms with Crippen LogP contribution in [0.1, 0.15) is 6.92 Å². The fourth-order valence-corrected chi connectivity index (χ4v) is 0.283. The van der Waals surface area contributed by atoms with E-state index in [0.717, 1.165) is 6.92 Å². The Morgan fingerprint density at radius 2 is 1.88 bits per heavy atom. The molecule has 0 nitrogen and oxygen atoms in total. The van der Waals surface area contributed by atoms with Gasteiger partial charge in [0.1, 0.15) is 0 Å². The number of alkyl halides is 3. The standard InChI is InChI=1S/C4H6F3S/c1-3(2-8)4(5,6)7/h3H,2H2,1H3. The minimum atomic E-state index is -4.10. The molecule has 0 fully saturated rings. The molecule has 1 atom stereocenters. The molecule has 0 saturated heterocycles. The van der Waals surface area contributed by atoms with Crippen LogP contribution >= 0.6 is 12.6 Å². The molecule has 0 rings (SSSR count). The summed E-state index contributed by atoms with van der Waals surface area (Å²) in [7, 11) is 0. The molecule has 8 heavy (non-hydrogen) atoms. The first-order valence-corrected chi connectivity index (χ1v) is 2.71. The zero-order valence-electron chi connectivity index (χ0n) is 4.33. The van der Waals surface area contributed by atoms with E-state index >= 15 is 0 Å². The predicted molar refractivity (Wildman–Crippen MR) is 27.7 cm³/mol. The van der Waals surface area contributed by atoms with Gasteiger partial charge < -0.3 is 0 Å². The fraction of sp³-hybridized carbons (Fsp3) is 1.00. The van der Waals surface area contributed by atoms with Crippen LogP contribution in [0.5, 0.6) is 0 Å². The highest BCUT2D eigenvalue weighted by Gasteiger charge is 2.34. The Bertz CT molecular complexity index is 68.2. The van der Waals surface area contributed by atoms with Crippen LogP contribution in [0.3, 0.4) is 0 Å². The first-order chi connectivity index (χ1) is 3.48. The Labute approximate surface area is 51.5 Å². The Hall–Kier alpha value is 0.140. The van der Waals surface area contributed by atoms with Gasteiger partial charge in [-0.05, 0) is 0 Å². The zero-order chi connectivity index (χ0) is 6.78. The van der Waals surface area contributed by atoms with Gasteiger partial charge in [-0.15, -0.1) is 0 Å². The van der Waals surface area contributed by atoms with Crippen LogP contribution in [0, 0.1) is 5.92 Å². The highest BCUT2D eigenvalue weighted by atomic mass is 32.1. The van der Waals surface area contributed by atoms with Gasteiger partial charge in [0.2, 0.25) is 0 Å². The van der Waals surface area contributed by atoms with Crippen LogP contribution < -0.4 is 0 Å². The third kappa shape index (κ3) is 2.45. The lowest BCUT2D eigenvalue weighted by Crippen LogP contribution is -2.20. The van der Waals surface area contributed by atoms with E-state index in [1.165, 1.54) is 0 Å². The Kier molecular flexibility index (Phi) is 2.66. The smallest absolute Gasteiger partial charge is 0.171 e. The highest BCUT2D eigenvalue weighted by Crippen LogP contribution is 2.25. The molecule has 0 saturated carbocycles. The SMILES string of the molecule is CC(C[S])C(F)(F)F. The van der Waals surface area contributed by atoms with Crippen LogP contribution in [0.4, 0.5) is 13.2 Å². The van der Waals surface area contributed by atoms with Crippen LogP contribution in [-0.4, -0.2) is 11.9 Å². The van der Waals surface area contributed by atoms with Crippen molar-refractivity contribution >= 4 is 12.6 Å². The van der Waals surface area contributed by atoms with Gasteiger partial charge in [0.15, 0.2) is 0 Å². The van der Waals surface area contributed by atoms with Crippen LogP contribution in [-0.2, 0) is 0 Å². The van der Waals surface area contributed by atoms with E-state index in [2.05, 4.69) is 12.6 Å². The minimum Gasteiger partial charge on any atom is -0.171 e. The quantitative estimate of drug-likeness (QED) is 0.528. The number of hydrogen-bond donors (Lipinski definition) is 0. The van der Waals surface area contributed by atoms with E-state index in [9.17, 15) is 13.2 Å². The Morgan fingerprint density at radius 3 is 1.88 bits per heavy atom. The molecule has 0 aromatic carbocycles. The first kappa shape index (κ1) is 8.14. The molecule has 0 aliphatic heterocycles. The van der Waals surface area contributed by atoms with E-state index in [-0.39, 0.29) is 5.75 Å². The third-order valence-corrected chi connectivity index (χ3v) is 1.31. The van der Waals surface area contributed by atoms with Crippen molar-refractivity contribution in [2.45, 2.75) is 13.1 Å². The average molecular weight is 143 g/mol. The molecule has 0 amide bonds. The lowest BCUT2D eigenvalue weighted by atomic mass is 10.2. The maximum atomic E-state index is 11.4.